The number of hydrogen-bond donors (Lipinski definition) is 1. The van der Waals surface area contributed by atoms with Gasteiger partial charge >= 0.3 is 5.97 Å². The maximum atomic E-state index is 13.6. The number of fused-ring (bicyclic) bond motifs is 1. The highest BCUT2D eigenvalue weighted by Crippen LogP contribution is 2.28. The van der Waals surface area contributed by atoms with Gasteiger partial charge in [-0.2, -0.15) is 0 Å². The van der Waals surface area contributed by atoms with E-state index in [1.54, 1.807) is 6.92 Å². The van der Waals surface area contributed by atoms with Crippen molar-refractivity contribution in [2.75, 3.05) is 18.1 Å². The number of carbonyl (C=O) groups excluding carboxylic acids is 4. The number of aromatic amines is 1. The lowest BCUT2D eigenvalue weighted by Gasteiger charge is -2.28. The van der Waals surface area contributed by atoms with Crippen LogP contribution in [-0.2, 0) is 20.7 Å². The van der Waals surface area contributed by atoms with Crippen molar-refractivity contribution in [3.63, 3.8) is 0 Å². The van der Waals surface area contributed by atoms with Crippen LogP contribution in [0, 0.1) is 5.82 Å². The number of nitrogens with zero attached hydrogens (tertiary/aromatic N) is 2. The molecule has 0 spiro atoms. The number of amides is 3. The summed E-state index contributed by atoms with van der Waals surface area (Å²) in [6.07, 6.45) is 2.10. The molecule has 9 heteroatoms. The number of ether oxygens (including phenoxy) is 1. The molecule has 0 bridgehead atoms. The van der Waals surface area contributed by atoms with Crippen molar-refractivity contribution in [1.29, 1.82) is 0 Å². The highest BCUT2D eigenvalue weighted by atomic mass is 19.1. The molecule has 1 aliphatic heterocycles. The predicted molar refractivity (Wildman–Crippen MR) is 143 cm³/mol. The minimum Gasteiger partial charge on any atom is -0.462 e. The first kappa shape index (κ1) is 25.8. The van der Waals surface area contributed by atoms with Gasteiger partial charge in [0.2, 0.25) is 5.91 Å². The molecule has 4 aromatic rings. The number of rotatable bonds is 8. The van der Waals surface area contributed by atoms with Gasteiger partial charge in [-0.05, 0) is 73.5 Å². The van der Waals surface area contributed by atoms with Crippen molar-refractivity contribution in [3.05, 3.63) is 102 Å². The molecule has 8 nitrogen and oxygen atoms in total. The van der Waals surface area contributed by atoms with E-state index < -0.39 is 35.5 Å². The van der Waals surface area contributed by atoms with Crippen LogP contribution in [0.15, 0.2) is 79.0 Å². The van der Waals surface area contributed by atoms with Gasteiger partial charge in [-0.3, -0.25) is 14.4 Å². The molecule has 1 unspecified atom stereocenters. The van der Waals surface area contributed by atoms with Crippen LogP contribution in [0.1, 0.15) is 39.6 Å². The topological polar surface area (TPSA) is 99.8 Å². The Kier molecular flexibility index (Phi) is 7.23. The molecule has 0 radical (unpaired) electrons. The van der Waals surface area contributed by atoms with Crippen molar-refractivity contribution >= 4 is 40.3 Å². The van der Waals surface area contributed by atoms with E-state index in [4.69, 9.17) is 4.74 Å². The van der Waals surface area contributed by atoms with E-state index >= 15 is 0 Å². The normalized spacial score (nSPS) is 15.1. The SMILES string of the molecule is CCOC(=O)c1ccc(N2C(=O)CC(N(CCc3c[nH]c4ccccc34)C(=O)c3ccc(F)cc3)C2=O)cc1. The molecule has 1 saturated heterocycles. The van der Waals surface area contributed by atoms with Crippen molar-refractivity contribution in [1.82, 2.24) is 9.88 Å². The van der Waals surface area contributed by atoms with Gasteiger partial charge in [0.15, 0.2) is 0 Å². The van der Waals surface area contributed by atoms with Crippen molar-refractivity contribution in [2.24, 2.45) is 0 Å². The van der Waals surface area contributed by atoms with E-state index in [0.29, 0.717) is 17.7 Å². The van der Waals surface area contributed by atoms with Gasteiger partial charge in [-0.1, -0.05) is 18.2 Å². The van der Waals surface area contributed by atoms with Crippen molar-refractivity contribution in [3.8, 4) is 0 Å². The van der Waals surface area contributed by atoms with Gasteiger partial charge < -0.3 is 14.6 Å². The maximum Gasteiger partial charge on any atom is 0.338 e. The number of aromatic nitrogens is 1. The molecule has 3 amide bonds. The fraction of sp³-hybridized carbons (Fsp3) is 0.200. The van der Waals surface area contributed by atoms with Gasteiger partial charge in [0.1, 0.15) is 11.9 Å². The minimum atomic E-state index is -1.04. The molecule has 5 rings (SSSR count). The van der Waals surface area contributed by atoms with E-state index in [-0.39, 0.29) is 25.1 Å². The summed E-state index contributed by atoms with van der Waals surface area (Å²) < 4.78 is 18.5. The molecular formula is C30H26FN3O5. The second kappa shape index (κ2) is 10.9. The number of imide groups is 1. The fourth-order valence-electron chi connectivity index (χ4n) is 4.83. The van der Waals surface area contributed by atoms with Gasteiger partial charge in [0.25, 0.3) is 11.8 Å². The standard InChI is InChI=1S/C30H26FN3O5/c1-2-39-30(38)20-9-13-23(14-10-20)34-27(35)17-26(29(34)37)33(28(36)19-7-11-22(31)12-8-19)16-15-21-18-32-25-6-4-3-5-24(21)25/h3-14,18,26,32H,2,15-17H2,1H3. The molecule has 1 aromatic heterocycles. The zero-order valence-electron chi connectivity index (χ0n) is 21.2. The van der Waals surface area contributed by atoms with E-state index in [1.165, 1.54) is 53.4 Å². The molecule has 3 aromatic carbocycles. The summed E-state index contributed by atoms with van der Waals surface area (Å²) in [5.74, 6) is -2.47. The van der Waals surface area contributed by atoms with Crippen LogP contribution < -0.4 is 4.90 Å². The lowest BCUT2D eigenvalue weighted by molar-refractivity contribution is -0.122. The fourth-order valence-corrected chi connectivity index (χ4v) is 4.83. The number of nitrogens with one attached hydrogen (secondary N) is 1. The molecular weight excluding hydrogens is 501 g/mol. The quantitative estimate of drug-likeness (QED) is 0.269. The van der Waals surface area contributed by atoms with Crippen LogP contribution in [0.5, 0.6) is 0 Å². The Labute approximate surface area is 224 Å². The largest absolute Gasteiger partial charge is 0.462 e. The number of para-hydroxylation sites is 1. The summed E-state index contributed by atoms with van der Waals surface area (Å²) in [4.78, 5) is 57.9. The first-order valence-corrected chi connectivity index (χ1v) is 12.6. The third kappa shape index (κ3) is 5.16. The summed E-state index contributed by atoms with van der Waals surface area (Å²) in [6, 6.07) is 17.8. The van der Waals surface area contributed by atoms with E-state index in [0.717, 1.165) is 21.4 Å². The molecule has 2 heterocycles. The lowest BCUT2D eigenvalue weighted by Crippen LogP contribution is -2.46. The summed E-state index contributed by atoms with van der Waals surface area (Å²) >= 11 is 0. The van der Waals surface area contributed by atoms with Gasteiger partial charge in [-0.15, -0.1) is 0 Å². The molecule has 1 fully saturated rings. The highest BCUT2D eigenvalue weighted by Gasteiger charge is 2.44. The highest BCUT2D eigenvalue weighted by molar-refractivity contribution is 6.23. The maximum absolute atomic E-state index is 13.6. The third-order valence-electron chi connectivity index (χ3n) is 6.78. The van der Waals surface area contributed by atoms with Crippen LogP contribution in [0.2, 0.25) is 0 Å². The number of esters is 1. The Hall–Kier alpha value is -4.79. The van der Waals surface area contributed by atoms with Gasteiger partial charge in [-0.25, -0.2) is 14.1 Å². The molecule has 1 aliphatic rings. The summed E-state index contributed by atoms with van der Waals surface area (Å²) in [7, 11) is 0. The van der Waals surface area contributed by atoms with Crippen LogP contribution >= 0.6 is 0 Å². The van der Waals surface area contributed by atoms with Crippen LogP contribution in [0.25, 0.3) is 10.9 Å². The monoisotopic (exact) mass is 527 g/mol. The first-order valence-electron chi connectivity index (χ1n) is 12.6. The van der Waals surface area contributed by atoms with Crippen molar-refractivity contribution < 1.29 is 28.3 Å². The Morgan fingerprint density at radius 3 is 2.41 bits per heavy atom. The predicted octanol–water partition coefficient (Wildman–Crippen LogP) is 4.50. The van der Waals surface area contributed by atoms with Crippen LogP contribution in [-0.4, -0.2) is 52.8 Å². The smallest absolute Gasteiger partial charge is 0.338 e. The number of hydrogen-bond acceptors (Lipinski definition) is 5. The lowest BCUT2D eigenvalue weighted by atomic mass is 10.1. The average molecular weight is 528 g/mol. The molecule has 1 N–H and O–H groups in total. The van der Waals surface area contributed by atoms with E-state index in [2.05, 4.69) is 4.98 Å². The van der Waals surface area contributed by atoms with Gasteiger partial charge in [0.05, 0.1) is 24.3 Å². The number of anilines is 1. The molecule has 0 aliphatic carbocycles. The molecule has 198 valence electrons. The van der Waals surface area contributed by atoms with Gasteiger partial charge in [0, 0.05) is 29.2 Å². The zero-order chi connectivity index (χ0) is 27.5. The third-order valence-corrected chi connectivity index (χ3v) is 6.78. The Morgan fingerprint density at radius 2 is 1.69 bits per heavy atom. The number of benzene rings is 3. The van der Waals surface area contributed by atoms with Crippen LogP contribution in [0.4, 0.5) is 10.1 Å². The number of H-pyrrole nitrogens is 1. The second-order valence-corrected chi connectivity index (χ2v) is 9.17. The Balaban J connectivity index is 1.42. The molecule has 1 atom stereocenters. The Bertz CT molecular complexity index is 1550. The summed E-state index contributed by atoms with van der Waals surface area (Å²) in [6.45, 7) is 2.09. The number of carbonyl (C=O) groups is 4. The second-order valence-electron chi connectivity index (χ2n) is 9.17. The number of halogens is 1. The zero-order valence-corrected chi connectivity index (χ0v) is 21.2. The molecule has 39 heavy (non-hydrogen) atoms. The van der Waals surface area contributed by atoms with E-state index in [1.807, 2.05) is 30.5 Å². The first-order chi connectivity index (χ1) is 18.9. The summed E-state index contributed by atoms with van der Waals surface area (Å²) in [5.41, 5.74) is 2.72. The minimum absolute atomic E-state index is 0.164. The van der Waals surface area contributed by atoms with Crippen LogP contribution in [0.3, 0.4) is 0 Å². The average Bonchev–Trinajstić information content (AvgIpc) is 3.49. The Morgan fingerprint density at radius 1 is 1.00 bits per heavy atom. The van der Waals surface area contributed by atoms with Crippen molar-refractivity contribution in [2.45, 2.75) is 25.8 Å². The summed E-state index contributed by atoms with van der Waals surface area (Å²) in [5, 5.41) is 1.00. The molecule has 0 saturated carbocycles. The van der Waals surface area contributed by atoms with E-state index in [9.17, 15) is 23.6 Å².